The van der Waals surface area contributed by atoms with Gasteiger partial charge in [-0.05, 0) is 50.8 Å². The molecule has 0 unspecified atom stereocenters. The lowest BCUT2D eigenvalue weighted by Gasteiger charge is -2.50. The third kappa shape index (κ3) is 8.71. The summed E-state index contributed by atoms with van der Waals surface area (Å²) in [4.78, 5) is 46.8. The number of hydroxylamine groups is 2. The highest BCUT2D eigenvalue weighted by molar-refractivity contribution is 7.80. The van der Waals surface area contributed by atoms with Gasteiger partial charge in [0.2, 0.25) is 11.5 Å². The van der Waals surface area contributed by atoms with Gasteiger partial charge in [-0.2, -0.15) is 27.9 Å². The second-order valence-electron chi connectivity index (χ2n) is 12.7. The molecule has 2 aliphatic heterocycles. The predicted molar refractivity (Wildman–Crippen MR) is 177 cm³/mol. The molecule has 0 spiro atoms. The van der Waals surface area contributed by atoms with E-state index in [0.717, 1.165) is 28.7 Å². The number of quaternary nitrogens is 1. The number of oxime groups is 1. The van der Waals surface area contributed by atoms with Crippen molar-refractivity contribution in [3.8, 4) is 16.9 Å². The van der Waals surface area contributed by atoms with Gasteiger partial charge < -0.3 is 30.2 Å². The molecule has 0 bridgehead atoms. The highest BCUT2D eigenvalue weighted by atomic mass is 32.3. The van der Waals surface area contributed by atoms with Crippen molar-refractivity contribution in [3.63, 3.8) is 0 Å². The van der Waals surface area contributed by atoms with Crippen LogP contribution in [-0.2, 0) is 40.4 Å². The summed E-state index contributed by atoms with van der Waals surface area (Å²) in [7, 11) is -2.73. The normalized spacial score (nSPS) is 19.4. The van der Waals surface area contributed by atoms with E-state index in [1.54, 1.807) is 18.3 Å². The SMILES string of the molecule is CC1(C)[C@H](NC(=O)/C(=N\O[C@@H](COc2ccc(-c3cnn(CC[N+]4(C)CCCCC4)c3)cc2)C(=O)O)c2nsc(N)n2)C(=O)N1OS(=O)(=O)O. The molecule has 0 radical (unpaired) electrons. The molecule has 2 atom stereocenters. The van der Waals surface area contributed by atoms with Gasteiger partial charge in [-0.1, -0.05) is 17.3 Å². The van der Waals surface area contributed by atoms with E-state index >= 15 is 0 Å². The maximum absolute atomic E-state index is 13.2. The number of aromatic nitrogens is 4. The number of aliphatic carboxylic acids is 1. The Morgan fingerprint density at radius 3 is 2.50 bits per heavy atom. The fourth-order valence-corrected chi connectivity index (χ4v) is 6.48. The molecule has 2 aromatic heterocycles. The summed E-state index contributed by atoms with van der Waals surface area (Å²) < 4.78 is 48.0. The van der Waals surface area contributed by atoms with Gasteiger partial charge in [0.05, 0.1) is 45.0 Å². The summed E-state index contributed by atoms with van der Waals surface area (Å²) in [6.45, 7) is 6.39. The lowest BCUT2D eigenvalue weighted by molar-refractivity contribution is -0.914. The second-order valence-corrected chi connectivity index (χ2v) is 14.5. The highest BCUT2D eigenvalue weighted by Gasteiger charge is 2.58. The monoisotopic (exact) mass is 736 g/mol. The van der Waals surface area contributed by atoms with Gasteiger partial charge in [-0.15, -0.1) is 4.28 Å². The van der Waals surface area contributed by atoms with E-state index in [-0.39, 0.29) is 11.0 Å². The van der Waals surface area contributed by atoms with Crippen LogP contribution in [0, 0.1) is 0 Å². The summed E-state index contributed by atoms with van der Waals surface area (Å²) in [5.41, 5.74) is 5.40. The number of carbonyl (C=O) groups is 3. The molecule has 5 N–H and O–H groups in total. The van der Waals surface area contributed by atoms with Gasteiger partial charge in [-0.3, -0.25) is 18.8 Å². The number of β-lactam (4-membered cyclic amide) rings is 1. The summed E-state index contributed by atoms with van der Waals surface area (Å²) in [6, 6.07) is 5.62. The van der Waals surface area contributed by atoms with Crippen LogP contribution < -0.4 is 15.8 Å². The molecule has 0 saturated carbocycles. The summed E-state index contributed by atoms with van der Waals surface area (Å²) in [5.74, 6) is -3.53. The number of rotatable bonds is 15. The number of carbonyl (C=O) groups excluding carboxylic acids is 2. The molecule has 270 valence electrons. The number of hydrogen-bond acceptors (Lipinski definition) is 14. The number of likely N-dealkylation sites (tertiary alicyclic amines) is 1. The van der Waals surface area contributed by atoms with E-state index < -0.39 is 58.2 Å². The second kappa shape index (κ2) is 14.6. The lowest BCUT2D eigenvalue weighted by atomic mass is 9.84. The minimum absolute atomic E-state index is 0.0461. The molecule has 50 heavy (non-hydrogen) atoms. The fourth-order valence-electron chi connectivity index (χ4n) is 5.59. The molecule has 2 amide bonds. The molecule has 2 aliphatic rings. The molecule has 3 aromatic rings. The topological polar surface area (TPSA) is 251 Å². The van der Waals surface area contributed by atoms with E-state index in [0.29, 0.717) is 22.3 Å². The number of nitrogens with zero attached hydrogens (tertiary/aromatic N) is 7. The van der Waals surface area contributed by atoms with Crippen LogP contribution in [0.4, 0.5) is 5.13 Å². The lowest BCUT2D eigenvalue weighted by Crippen LogP contribution is -2.76. The Labute approximate surface area is 291 Å². The first kappa shape index (κ1) is 36.6. The Kier molecular flexibility index (Phi) is 10.7. The molecule has 2 saturated heterocycles. The van der Waals surface area contributed by atoms with Crippen molar-refractivity contribution in [2.45, 2.75) is 57.3 Å². The predicted octanol–water partition coefficient (Wildman–Crippen LogP) is 0.707. The van der Waals surface area contributed by atoms with Crippen molar-refractivity contribution in [1.82, 2.24) is 29.5 Å². The van der Waals surface area contributed by atoms with Gasteiger partial charge in [0, 0.05) is 23.3 Å². The van der Waals surface area contributed by atoms with Crippen molar-refractivity contribution in [1.29, 1.82) is 0 Å². The Balaban J connectivity index is 1.21. The highest BCUT2D eigenvalue weighted by Crippen LogP contribution is 2.33. The number of carboxylic acid groups (broad SMARTS) is 1. The van der Waals surface area contributed by atoms with Gasteiger partial charge in [0.1, 0.15) is 18.4 Å². The number of likely N-dealkylation sites (N-methyl/N-ethyl adjacent to an activating group) is 1. The number of piperidine rings is 1. The van der Waals surface area contributed by atoms with Crippen molar-refractivity contribution in [3.05, 3.63) is 42.5 Å². The Morgan fingerprint density at radius 1 is 1.20 bits per heavy atom. The zero-order valence-corrected chi connectivity index (χ0v) is 29.1. The number of hydrogen-bond donors (Lipinski definition) is 4. The van der Waals surface area contributed by atoms with Crippen LogP contribution in [0.3, 0.4) is 0 Å². The Morgan fingerprint density at radius 2 is 1.90 bits per heavy atom. The minimum atomic E-state index is -5.03. The van der Waals surface area contributed by atoms with Crippen LogP contribution in [0.5, 0.6) is 5.75 Å². The molecular formula is C29H38N9O10S2+. The van der Waals surface area contributed by atoms with E-state index in [9.17, 15) is 27.9 Å². The number of benzene rings is 1. The first-order valence-electron chi connectivity index (χ1n) is 15.5. The number of nitrogens with two attached hydrogens (primary N) is 1. The first-order chi connectivity index (χ1) is 23.5. The molecule has 4 heterocycles. The smallest absolute Gasteiger partial charge is 0.418 e. The number of nitrogen functional groups attached to an aromatic ring is 1. The van der Waals surface area contributed by atoms with Crippen molar-refractivity contribution < 1.29 is 50.8 Å². The molecule has 5 rings (SSSR count). The number of nitrogens with one attached hydrogen (secondary N) is 1. The maximum Gasteiger partial charge on any atom is 0.418 e. The van der Waals surface area contributed by atoms with E-state index in [1.807, 2.05) is 23.0 Å². The molecule has 21 heteroatoms. The molecule has 19 nitrogen and oxygen atoms in total. The number of amides is 2. The number of ether oxygens (including phenoxy) is 1. The third-order valence-electron chi connectivity index (χ3n) is 8.52. The van der Waals surface area contributed by atoms with Crippen LogP contribution in [0.2, 0.25) is 0 Å². The minimum Gasteiger partial charge on any atom is -0.489 e. The fraction of sp³-hybridized carbons (Fsp3) is 0.483. The van der Waals surface area contributed by atoms with Gasteiger partial charge >= 0.3 is 16.4 Å². The quantitative estimate of drug-likeness (QED) is 0.0552. The van der Waals surface area contributed by atoms with Crippen molar-refractivity contribution in [2.24, 2.45) is 5.16 Å². The average molecular weight is 737 g/mol. The largest absolute Gasteiger partial charge is 0.489 e. The van der Waals surface area contributed by atoms with E-state index in [4.69, 9.17) is 19.9 Å². The van der Waals surface area contributed by atoms with Crippen LogP contribution in [0.25, 0.3) is 11.1 Å². The standard InChI is InChI=1S/C29H37N9O10S2/c1-29(2)23(26(40)37(29)48-50(43,44)45)32-25(39)22(24-33-28(30)49-35-24)34-47-21(27(41)42)17-46-20-9-7-18(8-10-20)19-15-31-36(16-19)11-14-38(3)12-5-4-6-13-38/h7-10,15-16,21,23H,4-6,11-14,17H2,1-3H3,(H4-,30,32,33,35,39,41,42,43,44,45)/p+1/b34-22-/t21-,23+/m0/s1. The van der Waals surface area contributed by atoms with Crippen LogP contribution >= 0.6 is 11.5 Å². The van der Waals surface area contributed by atoms with E-state index in [1.165, 1.54) is 46.2 Å². The molecule has 2 fully saturated rings. The van der Waals surface area contributed by atoms with Crippen LogP contribution in [-0.4, -0.2) is 121 Å². The van der Waals surface area contributed by atoms with Gasteiger partial charge in [-0.25, -0.2) is 4.79 Å². The first-order valence-corrected chi connectivity index (χ1v) is 17.7. The Hall–Kier alpha value is -4.70. The van der Waals surface area contributed by atoms with Gasteiger partial charge in [0.15, 0.2) is 5.13 Å². The van der Waals surface area contributed by atoms with Gasteiger partial charge in [0.25, 0.3) is 17.9 Å². The Bertz CT molecular complexity index is 1850. The van der Waals surface area contributed by atoms with Crippen LogP contribution in [0.1, 0.15) is 38.9 Å². The zero-order chi connectivity index (χ0) is 36.3. The average Bonchev–Trinajstić information content (AvgIpc) is 3.72. The van der Waals surface area contributed by atoms with E-state index in [2.05, 4.69) is 36.3 Å². The maximum atomic E-state index is 13.2. The number of anilines is 1. The molecular weight excluding hydrogens is 699 g/mol. The number of carboxylic acids is 1. The molecule has 1 aromatic carbocycles. The summed E-state index contributed by atoms with van der Waals surface area (Å²) >= 11 is 0.716. The zero-order valence-electron chi connectivity index (χ0n) is 27.5. The van der Waals surface area contributed by atoms with Crippen molar-refractivity contribution >= 4 is 50.6 Å². The summed E-state index contributed by atoms with van der Waals surface area (Å²) in [6.07, 6.45) is 5.89. The summed E-state index contributed by atoms with van der Waals surface area (Å²) in [5, 5.41) is 20.6. The molecule has 0 aliphatic carbocycles. The van der Waals surface area contributed by atoms with Crippen LogP contribution in [0.15, 0.2) is 41.8 Å². The van der Waals surface area contributed by atoms with Crippen molar-refractivity contribution in [2.75, 3.05) is 39.0 Å². The third-order valence-corrected chi connectivity index (χ3v) is 9.40.